The number of nitrogens with one attached hydrogen (secondary N) is 1. The molecule has 0 radical (unpaired) electrons. The highest BCUT2D eigenvalue weighted by molar-refractivity contribution is 5.89. The minimum Gasteiger partial charge on any atom is -0.395 e. The van der Waals surface area contributed by atoms with Crippen molar-refractivity contribution >= 4 is 11.7 Å². The molecule has 2 amide bonds. The molecule has 0 atom stereocenters. The van der Waals surface area contributed by atoms with Gasteiger partial charge in [0.25, 0.3) is 0 Å². The molecule has 6 nitrogen and oxygen atoms in total. The molecular weight excluding hydrogens is 280 g/mol. The molecule has 1 heterocycles. The van der Waals surface area contributed by atoms with E-state index in [1.54, 1.807) is 23.2 Å². The van der Waals surface area contributed by atoms with Crippen LogP contribution in [0.1, 0.15) is 5.56 Å². The molecule has 2 rings (SSSR count). The predicted octanol–water partition coefficient (Wildman–Crippen LogP) is 1.94. The van der Waals surface area contributed by atoms with Crippen molar-refractivity contribution in [3.05, 3.63) is 60.9 Å². The number of nitrogens with zero attached hydrogens (tertiary/aromatic N) is 3. The molecule has 2 aromatic rings. The molecule has 22 heavy (non-hydrogen) atoms. The summed E-state index contributed by atoms with van der Waals surface area (Å²) in [7, 11) is 0. The molecule has 2 N–H and O–H groups in total. The third-order valence-corrected chi connectivity index (χ3v) is 3.08. The number of carbonyl (C=O) groups is 1. The average Bonchev–Trinajstić information content (AvgIpc) is 2.95. The van der Waals surface area contributed by atoms with Gasteiger partial charge in [-0.05, 0) is 5.56 Å². The second-order valence-corrected chi connectivity index (χ2v) is 4.80. The molecule has 0 spiro atoms. The first kappa shape index (κ1) is 15.8. The van der Waals surface area contributed by atoms with Gasteiger partial charge in [-0.25, -0.2) is 4.79 Å². The fourth-order valence-electron chi connectivity index (χ4n) is 2.04. The Bertz CT molecular complexity index is 610. The molecule has 6 heteroatoms. The van der Waals surface area contributed by atoms with Crippen LogP contribution in [0.25, 0.3) is 0 Å². The van der Waals surface area contributed by atoms with Gasteiger partial charge in [0.05, 0.1) is 25.0 Å². The normalized spacial score (nSPS) is 10.2. The number of hydrogen-bond donors (Lipinski definition) is 2. The summed E-state index contributed by atoms with van der Waals surface area (Å²) in [5.74, 6) is 0. The van der Waals surface area contributed by atoms with Gasteiger partial charge in [0.1, 0.15) is 0 Å². The second kappa shape index (κ2) is 7.99. The third kappa shape index (κ3) is 4.46. The number of aliphatic hydroxyl groups is 1. The number of aliphatic hydroxyl groups excluding tert-OH is 1. The highest BCUT2D eigenvalue weighted by Gasteiger charge is 2.12. The zero-order valence-corrected chi connectivity index (χ0v) is 12.4. The maximum absolute atomic E-state index is 12.1. The first-order valence-electron chi connectivity index (χ1n) is 7.07. The molecule has 0 saturated carbocycles. The summed E-state index contributed by atoms with van der Waals surface area (Å²) < 4.78 is 1.76. The van der Waals surface area contributed by atoms with Gasteiger partial charge in [0.2, 0.25) is 0 Å². The Balaban J connectivity index is 1.96. The lowest BCUT2D eigenvalue weighted by Gasteiger charge is -2.19. The Morgan fingerprint density at radius 1 is 1.41 bits per heavy atom. The predicted molar refractivity (Wildman–Crippen MR) is 85.6 cm³/mol. The summed E-state index contributed by atoms with van der Waals surface area (Å²) in [5, 5.41) is 16.0. The van der Waals surface area contributed by atoms with Crippen LogP contribution in [0.3, 0.4) is 0 Å². The number of carbonyl (C=O) groups excluding carboxylic acids is 1. The first-order valence-corrected chi connectivity index (χ1v) is 7.07. The number of benzene rings is 1. The number of amides is 2. The molecule has 0 aliphatic rings. The quantitative estimate of drug-likeness (QED) is 0.768. The van der Waals surface area contributed by atoms with Gasteiger partial charge in [-0.2, -0.15) is 5.10 Å². The van der Waals surface area contributed by atoms with Crippen LogP contribution in [0.15, 0.2) is 55.4 Å². The van der Waals surface area contributed by atoms with E-state index in [1.807, 2.05) is 30.3 Å². The van der Waals surface area contributed by atoms with Crippen molar-refractivity contribution in [2.75, 3.05) is 25.0 Å². The van der Waals surface area contributed by atoms with Gasteiger partial charge in [-0.1, -0.05) is 36.4 Å². The van der Waals surface area contributed by atoms with Crippen molar-refractivity contribution in [2.45, 2.75) is 6.54 Å². The van der Waals surface area contributed by atoms with E-state index in [0.29, 0.717) is 18.8 Å². The van der Waals surface area contributed by atoms with Crippen molar-refractivity contribution in [3.63, 3.8) is 0 Å². The van der Waals surface area contributed by atoms with Gasteiger partial charge in [-0.15, -0.1) is 6.58 Å². The maximum Gasteiger partial charge on any atom is 0.322 e. The minimum absolute atomic E-state index is 0.0888. The topological polar surface area (TPSA) is 70.4 Å². The lowest BCUT2D eigenvalue weighted by molar-refractivity contribution is 0.195. The van der Waals surface area contributed by atoms with Crippen molar-refractivity contribution in [2.24, 2.45) is 0 Å². The highest BCUT2D eigenvalue weighted by Crippen LogP contribution is 2.09. The Morgan fingerprint density at radius 2 is 2.18 bits per heavy atom. The summed E-state index contributed by atoms with van der Waals surface area (Å²) >= 11 is 0. The summed E-state index contributed by atoms with van der Waals surface area (Å²) in [6.45, 7) is 4.80. The molecule has 1 aromatic heterocycles. The molecule has 0 saturated heterocycles. The van der Waals surface area contributed by atoms with Gasteiger partial charge >= 0.3 is 6.03 Å². The van der Waals surface area contributed by atoms with E-state index < -0.39 is 0 Å². The number of rotatable bonds is 7. The SMILES string of the molecule is C=CCN(CCO)C(=O)Nc1cnn(Cc2ccccc2)c1. The van der Waals surface area contributed by atoms with E-state index >= 15 is 0 Å². The lowest BCUT2D eigenvalue weighted by atomic mass is 10.2. The smallest absolute Gasteiger partial charge is 0.322 e. The zero-order valence-electron chi connectivity index (χ0n) is 12.4. The summed E-state index contributed by atoms with van der Waals surface area (Å²) in [4.78, 5) is 13.6. The summed E-state index contributed by atoms with van der Waals surface area (Å²) in [6.07, 6.45) is 5.00. The van der Waals surface area contributed by atoms with Crippen molar-refractivity contribution in [1.82, 2.24) is 14.7 Å². The summed E-state index contributed by atoms with van der Waals surface area (Å²) in [5.41, 5.74) is 1.75. The molecule has 1 aromatic carbocycles. The largest absolute Gasteiger partial charge is 0.395 e. The molecular formula is C16H20N4O2. The van der Waals surface area contributed by atoms with Crippen molar-refractivity contribution in [3.8, 4) is 0 Å². The first-order chi connectivity index (χ1) is 10.7. The van der Waals surface area contributed by atoms with E-state index in [9.17, 15) is 4.79 Å². The number of urea groups is 1. The van der Waals surface area contributed by atoms with Gasteiger partial charge in [0, 0.05) is 19.3 Å². The fraction of sp³-hybridized carbons (Fsp3) is 0.250. The van der Waals surface area contributed by atoms with E-state index in [4.69, 9.17) is 5.11 Å². The van der Waals surface area contributed by atoms with Gasteiger partial charge < -0.3 is 15.3 Å². The number of anilines is 1. The molecule has 0 bridgehead atoms. The Kier molecular flexibility index (Phi) is 5.73. The third-order valence-electron chi connectivity index (χ3n) is 3.08. The summed E-state index contributed by atoms with van der Waals surface area (Å²) in [6, 6.07) is 9.67. The standard InChI is InChI=1S/C16H20N4O2/c1-2-8-19(9-10-21)16(22)18-15-11-17-20(13-15)12-14-6-4-3-5-7-14/h2-7,11,13,21H,1,8-10,12H2,(H,18,22). The van der Waals surface area contributed by atoms with Crippen LogP contribution in [0, 0.1) is 0 Å². The van der Waals surface area contributed by atoms with Crippen LogP contribution in [-0.2, 0) is 6.54 Å². The van der Waals surface area contributed by atoms with E-state index in [1.165, 1.54) is 4.90 Å². The Labute approximate surface area is 129 Å². The molecule has 0 aliphatic carbocycles. The maximum atomic E-state index is 12.1. The zero-order chi connectivity index (χ0) is 15.8. The van der Waals surface area contributed by atoms with E-state index in [0.717, 1.165) is 5.56 Å². The highest BCUT2D eigenvalue weighted by atomic mass is 16.3. The van der Waals surface area contributed by atoms with Crippen LogP contribution in [0.5, 0.6) is 0 Å². The monoisotopic (exact) mass is 300 g/mol. The Morgan fingerprint density at radius 3 is 2.86 bits per heavy atom. The van der Waals surface area contributed by atoms with Crippen LogP contribution < -0.4 is 5.32 Å². The van der Waals surface area contributed by atoms with Crippen LogP contribution in [0.4, 0.5) is 10.5 Å². The van der Waals surface area contributed by atoms with E-state index in [2.05, 4.69) is 17.0 Å². The van der Waals surface area contributed by atoms with Crippen molar-refractivity contribution < 1.29 is 9.90 Å². The number of aromatic nitrogens is 2. The molecule has 0 unspecified atom stereocenters. The van der Waals surface area contributed by atoms with Gasteiger partial charge in [0.15, 0.2) is 0 Å². The van der Waals surface area contributed by atoms with Crippen LogP contribution in [-0.4, -0.2) is 45.5 Å². The lowest BCUT2D eigenvalue weighted by Crippen LogP contribution is -2.37. The van der Waals surface area contributed by atoms with Crippen LogP contribution in [0.2, 0.25) is 0 Å². The fourth-order valence-corrected chi connectivity index (χ4v) is 2.04. The van der Waals surface area contributed by atoms with Crippen LogP contribution >= 0.6 is 0 Å². The molecule has 0 fully saturated rings. The average molecular weight is 300 g/mol. The van der Waals surface area contributed by atoms with E-state index in [-0.39, 0.29) is 19.2 Å². The number of hydrogen-bond acceptors (Lipinski definition) is 3. The second-order valence-electron chi connectivity index (χ2n) is 4.80. The van der Waals surface area contributed by atoms with Crippen molar-refractivity contribution in [1.29, 1.82) is 0 Å². The molecule has 116 valence electrons. The molecule has 0 aliphatic heterocycles. The van der Waals surface area contributed by atoms with Gasteiger partial charge in [-0.3, -0.25) is 4.68 Å². The Hall–Kier alpha value is -2.60. The minimum atomic E-state index is -0.284.